The van der Waals surface area contributed by atoms with Gasteiger partial charge >= 0.3 is 0 Å². The van der Waals surface area contributed by atoms with Crippen molar-refractivity contribution in [3.05, 3.63) is 12.3 Å². The van der Waals surface area contributed by atoms with Crippen molar-refractivity contribution in [1.82, 2.24) is 5.32 Å². The molecule has 0 heterocycles. The third-order valence-corrected chi connectivity index (χ3v) is 2.26. The number of rotatable bonds is 3. The maximum absolute atomic E-state index is 3.82. The largest absolute Gasteiger partial charge is 0.386 e. The zero-order chi connectivity index (χ0) is 7.56. The molecule has 58 valence electrons. The fraction of sp³-hybridized carbons (Fsp3) is 0.778. The first-order valence-electron chi connectivity index (χ1n) is 4.14. The molecule has 10 heavy (non-hydrogen) atoms. The Bertz CT molecular complexity index is 123. The van der Waals surface area contributed by atoms with Gasteiger partial charge in [0.15, 0.2) is 0 Å². The zero-order valence-corrected chi connectivity index (χ0v) is 6.98. The first-order valence-corrected chi connectivity index (χ1v) is 4.14. The molecular formula is C9H17N. The molecule has 0 aliphatic heterocycles. The van der Waals surface area contributed by atoms with E-state index in [1.54, 1.807) is 0 Å². The van der Waals surface area contributed by atoms with Crippen LogP contribution in [-0.2, 0) is 0 Å². The van der Waals surface area contributed by atoms with E-state index in [0.29, 0.717) is 0 Å². The van der Waals surface area contributed by atoms with E-state index in [1.807, 2.05) is 6.92 Å². The van der Waals surface area contributed by atoms with Gasteiger partial charge in [0, 0.05) is 11.7 Å². The van der Waals surface area contributed by atoms with Gasteiger partial charge in [-0.2, -0.15) is 0 Å². The van der Waals surface area contributed by atoms with E-state index in [2.05, 4.69) is 18.8 Å². The van der Waals surface area contributed by atoms with Crippen LogP contribution >= 0.6 is 0 Å². The maximum Gasteiger partial charge on any atom is 0.0263 e. The fourth-order valence-electron chi connectivity index (χ4n) is 1.54. The van der Waals surface area contributed by atoms with E-state index >= 15 is 0 Å². The molecule has 0 amide bonds. The van der Waals surface area contributed by atoms with Crippen molar-refractivity contribution >= 4 is 0 Å². The molecular weight excluding hydrogens is 122 g/mol. The summed E-state index contributed by atoms with van der Waals surface area (Å²) in [6, 6.07) is 0.738. The molecule has 1 N–H and O–H groups in total. The molecule has 0 atom stereocenters. The second-order valence-electron chi connectivity index (χ2n) is 3.37. The Kier molecular flexibility index (Phi) is 2.36. The predicted octanol–water partition coefficient (Wildman–Crippen LogP) is 2.30. The molecule has 1 aliphatic rings. The lowest BCUT2D eigenvalue weighted by Crippen LogP contribution is -2.39. The lowest BCUT2D eigenvalue weighted by molar-refractivity contribution is 0.229. The number of hydrogen-bond acceptors (Lipinski definition) is 1. The van der Waals surface area contributed by atoms with Crippen molar-refractivity contribution in [1.29, 1.82) is 0 Å². The minimum atomic E-state index is 0.738. The van der Waals surface area contributed by atoms with Crippen LogP contribution in [0.1, 0.15) is 33.1 Å². The van der Waals surface area contributed by atoms with Crippen LogP contribution in [0.3, 0.4) is 0 Å². The number of hydrogen-bond donors (Lipinski definition) is 1. The molecule has 0 unspecified atom stereocenters. The highest BCUT2D eigenvalue weighted by atomic mass is 14.9. The van der Waals surface area contributed by atoms with Gasteiger partial charge in [-0.15, -0.1) is 0 Å². The Labute approximate surface area is 63.5 Å². The lowest BCUT2D eigenvalue weighted by atomic mass is 9.78. The average Bonchev–Trinajstić information content (AvgIpc) is 1.76. The third kappa shape index (κ3) is 1.76. The van der Waals surface area contributed by atoms with E-state index in [9.17, 15) is 0 Å². The van der Waals surface area contributed by atoms with Crippen molar-refractivity contribution < 1.29 is 0 Å². The molecule has 0 aromatic heterocycles. The maximum atomic E-state index is 3.82. The van der Waals surface area contributed by atoms with Gasteiger partial charge in [0.05, 0.1) is 0 Å². The normalized spacial score (nSPS) is 31.0. The summed E-state index contributed by atoms with van der Waals surface area (Å²) in [5.74, 6) is 0.983. The summed E-state index contributed by atoms with van der Waals surface area (Å²) in [5.41, 5.74) is 1.11. The van der Waals surface area contributed by atoms with Crippen LogP contribution in [0.15, 0.2) is 12.3 Å². The monoisotopic (exact) mass is 139 g/mol. The minimum absolute atomic E-state index is 0.738. The molecule has 1 aliphatic carbocycles. The topological polar surface area (TPSA) is 12.0 Å². The summed E-state index contributed by atoms with van der Waals surface area (Å²) in [5, 5.41) is 3.35. The van der Waals surface area contributed by atoms with Crippen molar-refractivity contribution in [2.75, 3.05) is 0 Å². The minimum Gasteiger partial charge on any atom is -0.386 e. The third-order valence-electron chi connectivity index (χ3n) is 2.26. The van der Waals surface area contributed by atoms with E-state index in [-0.39, 0.29) is 0 Å². The van der Waals surface area contributed by atoms with Crippen molar-refractivity contribution in [2.24, 2.45) is 5.92 Å². The smallest absolute Gasteiger partial charge is 0.0263 e. The Morgan fingerprint density at radius 3 is 2.60 bits per heavy atom. The summed E-state index contributed by atoms with van der Waals surface area (Å²) in [4.78, 5) is 0. The summed E-state index contributed by atoms with van der Waals surface area (Å²) < 4.78 is 0. The van der Waals surface area contributed by atoms with Crippen LogP contribution in [0.2, 0.25) is 0 Å². The van der Waals surface area contributed by atoms with Gasteiger partial charge in [-0.25, -0.2) is 0 Å². The first-order chi connectivity index (χ1) is 4.72. The Hall–Kier alpha value is -0.460. The SMILES string of the molecule is C=C(C)NC1CC(CC)C1. The number of nitrogens with one attached hydrogen (secondary N) is 1. The number of allylic oxidation sites excluding steroid dienone is 1. The van der Waals surface area contributed by atoms with Crippen LogP contribution in [0.25, 0.3) is 0 Å². The molecule has 0 bridgehead atoms. The summed E-state index contributed by atoms with van der Waals surface area (Å²) >= 11 is 0. The van der Waals surface area contributed by atoms with Crippen LogP contribution in [0.5, 0.6) is 0 Å². The zero-order valence-electron chi connectivity index (χ0n) is 6.98. The molecule has 0 aromatic carbocycles. The molecule has 0 spiro atoms. The molecule has 1 saturated carbocycles. The van der Waals surface area contributed by atoms with Gasteiger partial charge in [0.2, 0.25) is 0 Å². The highest BCUT2D eigenvalue weighted by molar-refractivity contribution is 4.94. The molecule has 0 aromatic rings. The molecule has 1 nitrogen and oxygen atoms in total. The van der Waals surface area contributed by atoms with Crippen LogP contribution in [0, 0.1) is 5.92 Å². The van der Waals surface area contributed by atoms with Gasteiger partial charge in [-0.3, -0.25) is 0 Å². The van der Waals surface area contributed by atoms with Gasteiger partial charge in [0.25, 0.3) is 0 Å². The Balaban J connectivity index is 2.08. The molecule has 1 rings (SSSR count). The van der Waals surface area contributed by atoms with E-state index in [0.717, 1.165) is 17.7 Å². The molecule has 1 fully saturated rings. The Morgan fingerprint density at radius 1 is 1.60 bits per heavy atom. The van der Waals surface area contributed by atoms with Crippen molar-refractivity contribution in [3.63, 3.8) is 0 Å². The Morgan fingerprint density at radius 2 is 2.20 bits per heavy atom. The van der Waals surface area contributed by atoms with Crippen LogP contribution in [-0.4, -0.2) is 6.04 Å². The van der Waals surface area contributed by atoms with Crippen molar-refractivity contribution in [2.45, 2.75) is 39.2 Å². The highest BCUT2D eigenvalue weighted by Crippen LogP contribution is 2.30. The summed E-state index contributed by atoms with van der Waals surface area (Å²) in [7, 11) is 0. The summed E-state index contributed by atoms with van der Waals surface area (Å²) in [6.07, 6.45) is 4.04. The second kappa shape index (κ2) is 3.09. The van der Waals surface area contributed by atoms with Gasteiger partial charge in [0.1, 0.15) is 0 Å². The summed E-state index contributed by atoms with van der Waals surface area (Å²) in [6.45, 7) is 8.11. The standard InChI is InChI=1S/C9H17N/c1-4-8-5-9(6-8)10-7(2)3/h8-10H,2,4-6H2,1,3H3. The lowest BCUT2D eigenvalue weighted by Gasteiger charge is -2.35. The van der Waals surface area contributed by atoms with Gasteiger partial charge in [-0.05, 0) is 25.7 Å². The van der Waals surface area contributed by atoms with Crippen LogP contribution < -0.4 is 5.32 Å². The van der Waals surface area contributed by atoms with Crippen molar-refractivity contribution in [3.8, 4) is 0 Å². The fourth-order valence-corrected chi connectivity index (χ4v) is 1.54. The van der Waals surface area contributed by atoms with E-state index < -0.39 is 0 Å². The average molecular weight is 139 g/mol. The molecule has 1 heteroatoms. The van der Waals surface area contributed by atoms with Crippen LogP contribution in [0.4, 0.5) is 0 Å². The van der Waals surface area contributed by atoms with E-state index in [1.165, 1.54) is 19.3 Å². The molecule has 0 saturated heterocycles. The molecule has 0 radical (unpaired) electrons. The second-order valence-corrected chi connectivity index (χ2v) is 3.37. The van der Waals surface area contributed by atoms with E-state index in [4.69, 9.17) is 0 Å². The highest BCUT2D eigenvalue weighted by Gasteiger charge is 2.26. The quantitative estimate of drug-likeness (QED) is 0.632. The van der Waals surface area contributed by atoms with Gasteiger partial charge in [-0.1, -0.05) is 19.9 Å². The van der Waals surface area contributed by atoms with Gasteiger partial charge < -0.3 is 5.32 Å². The predicted molar refractivity (Wildman–Crippen MR) is 44.8 cm³/mol. The first kappa shape index (κ1) is 7.64.